The number of pyridine rings is 1. The highest BCUT2D eigenvalue weighted by Crippen LogP contribution is 2.12. The summed E-state index contributed by atoms with van der Waals surface area (Å²) in [6.07, 6.45) is -1.94. The topological polar surface area (TPSA) is 71.5 Å². The first-order chi connectivity index (χ1) is 9.40. The normalized spacial score (nSPS) is 12.6. The lowest BCUT2D eigenvalue weighted by molar-refractivity contribution is 0.0815. The number of hydrogen-bond donors (Lipinski definition) is 2. The van der Waals surface area contributed by atoms with Crippen LogP contribution in [0.25, 0.3) is 0 Å². The van der Waals surface area contributed by atoms with E-state index in [4.69, 9.17) is 4.74 Å². The molecule has 5 nitrogen and oxygen atoms in total. The second-order valence-corrected chi connectivity index (χ2v) is 4.60. The number of aromatic nitrogens is 1. The van der Waals surface area contributed by atoms with Crippen LogP contribution in [0.5, 0.6) is 5.75 Å². The number of halogens is 2. The maximum absolute atomic E-state index is 12.0. The predicted molar refractivity (Wildman–Crippen MR) is 68.9 cm³/mol. The van der Waals surface area contributed by atoms with Crippen molar-refractivity contribution in [2.75, 3.05) is 13.2 Å². The van der Waals surface area contributed by atoms with Crippen LogP contribution in [0.4, 0.5) is 8.78 Å². The van der Waals surface area contributed by atoms with Crippen LogP contribution in [0, 0.1) is 5.92 Å². The van der Waals surface area contributed by atoms with Gasteiger partial charge in [0.05, 0.1) is 6.10 Å². The molecule has 2 N–H and O–H groups in total. The van der Waals surface area contributed by atoms with Crippen LogP contribution in [0.1, 0.15) is 24.3 Å². The second-order valence-electron chi connectivity index (χ2n) is 4.60. The Labute approximate surface area is 116 Å². The van der Waals surface area contributed by atoms with Gasteiger partial charge in [0.25, 0.3) is 12.3 Å². The van der Waals surface area contributed by atoms with Crippen molar-refractivity contribution in [1.29, 1.82) is 0 Å². The number of carbonyl (C=O) groups is 1. The summed E-state index contributed by atoms with van der Waals surface area (Å²) in [7, 11) is 0. The minimum absolute atomic E-state index is 0.0176. The molecule has 20 heavy (non-hydrogen) atoms. The second kappa shape index (κ2) is 7.74. The third-order valence-electron chi connectivity index (χ3n) is 2.58. The van der Waals surface area contributed by atoms with Gasteiger partial charge in [-0.3, -0.25) is 9.78 Å². The number of nitrogens with zero attached hydrogens (tertiary/aromatic N) is 1. The molecular weight excluding hydrogens is 270 g/mol. The van der Waals surface area contributed by atoms with Gasteiger partial charge in [0, 0.05) is 18.8 Å². The van der Waals surface area contributed by atoms with Crippen LogP contribution in [0.2, 0.25) is 0 Å². The molecule has 0 aliphatic carbocycles. The summed E-state index contributed by atoms with van der Waals surface area (Å²) >= 11 is 0. The van der Waals surface area contributed by atoms with E-state index in [1.54, 1.807) is 0 Å². The van der Waals surface area contributed by atoms with E-state index in [1.165, 1.54) is 18.3 Å². The first kappa shape index (κ1) is 16.3. The average molecular weight is 288 g/mol. The van der Waals surface area contributed by atoms with Crippen molar-refractivity contribution >= 4 is 5.91 Å². The number of aliphatic hydroxyl groups excluding tert-OH is 1. The lowest BCUT2D eigenvalue weighted by Crippen LogP contribution is -2.35. The lowest BCUT2D eigenvalue weighted by Gasteiger charge is -2.15. The van der Waals surface area contributed by atoms with Gasteiger partial charge in [0.2, 0.25) is 0 Å². The van der Waals surface area contributed by atoms with E-state index in [1.807, 2.05) is 13.8 Å². The van der Waals surface area contributed by atoms with E-state index in [2.05, 4.69) is 10.3 Å². The fraction of sp³-hybridized carbons (Fsp3) is 0.538. The summed E-state index contributed by atoms with van der Waals surface area (Å²) in [4.78, 5) is 15.6. The van der Waals surface area contributed by atoms with Crippen molar-refractivity contribution in [1.82, 2.24) is 10.3 Å². The Balaban J connectivity index is 2.57. The standard InChI is InChI=1S/C13H18F2N2O3/c1-8(2)11(18)6-17-13(19)10-5-9(3-4-16-10)20-7-12(14)15/h3-5,8,11-12,18H,6-7H2,1-2H3,(H,17,19). The molecule has 0 saturated heterocycles. The maximum atomic E-state index is 12.0. The van der Waals surface area contributed by atoms with Gasteiger partial charge < -0.3 is 15.2 Å². The zero-order chi connectivity index (χ0) is 15.1. The summed E-state index contributed by atoms with van der Waals surface area (Å²) in [6, 6.07) is 2.67. The summed E-state index contributed by atoms with van der Waals surface area (Å²) in [5.74, 6) is -0.328. The number of amides is 1. The Bertz CT molecular complexity index is 441. The van der Waals surface area contributed by atoms with Gasteiger partial charge in [0.15, 0.2) is 0 Å². The lowest BCUT2D eigenvalue weighted by atomic mass is 10.1. The molecule has 1 unspecified atom stereocenters. The zero-order valence-corrected chi connectivity index (χ0v) is 11.3. The van der Waals surface area contributed by atoms with Crippen molar-refractivity contribution in [3.63, 3.8) is 0 Å². The molecule has 1 rings (SSSR count). The third kappa shape index (κ3) is 5.48. The highest BCUT2D eigenvalue weighted by atomic mass is 19.3. The molecule has 1 heterocycles. The Morgan fingerprint density at radius 3 is 2.80 bits per heavy atom. The van der Waals surface area contributed by atoms with Crippen LogP contribution in [-0.2, 0) is 0 Å². The van der Waals surface area contributed by atoms with Crippen molar-refractivity contribution in [3.05, 3.63) is 24.0 Å². The van der Waals surface area contributed by atoms with E-state index >= 15 is 0 Å². The molecule has 1 atom stereocenters. The van der Waals surface area contributed by atoms with E-state index in [0.29, 0.717) is 0 Å². The van der Waals surface area contributed by atoms with Crippen LogP contribution >= 0.6 is 0 Å². The number of rotatable bonds is 7. The molecule has 1 aromatic rings. The first-order valence-corrected chi connectivity index (χ1v) is 6.23. The van der Waals surface area contributed by atoms with Crippen molar-refractivity contribution in [3.8, 4) is 5.75 Å². The largest absolute Gasteiger partial charge is 0.488 e. The van der Waals surface area contributed by atoms with E-state index in [0.717, 1.165) is 0 Å². The Hall–Kier alpha value is -1.76. The molecule has 0 radical (unpaired) electrons. The minimum atomic E-state index is -2.58. The summed E-state index contributed by atoms with van der Waals surface area (Å²) < 4.78 is 28.8. The Morgan fingerprint density at radius 1 is 1.50 bits per heavy atom. The maximum Gasteiger partial charge on any atom is 0.272 e. The molecule has 0 saturated carbocycles. The molecule has 0 fully saturated rings. The van der Waals surface area contributed by atoms with Crippen LogP contribution in [0.3, 0.4) is 0 Å². The molecule has 0 aliphatic rings. The van der Waals surface area contributed by atoms with Crippen LogP contribution in [0.15, 0.2) is 18.3 Å². The Kier molecular flexibility index (Phi) is 6.30. The number of carbonyl (C=O) groups excluding carboxylic acids is 1. The first-order valence-electron chi connectivity index (χ1n) is 6.23. The molecule has 0 bridgehead atoms. The number of nitrogens with one attached hydrogen (secondary N) is 1. The average Bonchev–Trinajstić information content (AvgIpc) is 2.42. The molecular formula is C13H18F2N2O3. The third-order valence-corrected chi connectivity index (χ3v) is 2.58. The quantitative estimate of drug-likeness (QED) is 0.797. The van der Waals surface area contributed by atoms with E-state index < -0.39 is 25.0 Å². The molecule has 112 valence electrons. The highest BCUT2D eigenvalue weighted by molar-refractivity contribution is 5.92. The van der Waals surface area contributed by atoms with Gasteiger partial charge in [-0.1, -0.05) is 13.8 Å². The number of aliphatic hydroxyl groups is 1. The van der Waals surface area contributed by atoms with Gasteiger partial charge in [-0.15, -0.1) is 0 Å². The summed E-state index contributed by atoms with van der Waals surface area (Å²) in [6.45, 7) is 3.01. The van der Waals surface area contributed by atoms with Gasteiger partial charge in [0.1, 0.15) is 18.1 Å². The van der Waals surface area contributed by atoms with Gasteiger partial charge >= 0.3 is 0 Å². The number of ether oxygens (including phenoxy) is 1. The smallest absolute Gasteiger partial charge is 0.272 e. The predicted octanol–water partition coefficient (Wildman–Crippen LogP) is 1.47. The van der Waals surface area contributed by atoms with Crippen LogP contribution < -0.4 is 10.1 Å². The molecule has 0 spiro atoms. The number of hydrogen-bond acceptors (Lipinski definition) is 4. The van der Waals surface area contributed by atoms with E-state index in [-0.39, 0.29) is 23.9 Å². The van der Waals surface area contributed by atoms with Crippen LogP contribution in [-0.4, -0.2) is 41.7 Å². The number of alkyl halides is 2. The van der Waals surface area contributed by atoms with Crippen molar-refractivity contribution in [2.24, 2.45) is 5.92 Å². The van der Waals surface area contributed by atoms with Gasteiger partial charge in [-0.2, -0.15) is 0 Å². The highest BCUT2D eigenvalue weighted by Gasteiger charge is 2.13. The minimum Gasteiger partial charge on any atom is -0.488 e. The Morgan fingerprint density at radius 2 is 2.20 bits per heavy atom. The van der Waals surface area contributed by atoms with Gasteiger partial charge in [-0.25, -0.2) is 8.78 Å². The SMILES string of the molecule is CC(C)C(O)CNC(=O)c1cc(OCC(F)F)ccn1. The summed E-state index contributed by atoms with van der Waals surface area (Å²) in [5, 5.41) is 12.1. The summed E-state index contributed by atoms with van der Waals surface area (Å²) in [5.41, 5.74) is 0.0488. The monoisotopic (exact) mass is 288 g/mol. The molecule has 1 aromatic heterocycles. The van der Waals surface area contributed by atoms with E-state index in [9.17, 15) is 18.7 Å². The molecule has 7 heteroatoms. The molecule has 0 aliphatic heterocycles. The fourth-order valence-electron chi connectivity index (χ4n) is 1.31. The fourth-order valence-corrected chi connectivity index (χ4v) is 1.31. The molecule has 1 amide bonds. The molecule has 0 aromatic carbocycles. The van der Waals surface area contributed by atoms with Crippen molar-refractivity contribution < 1.29 is 23.4 Å². The van der Waals surface area contributed by atoms with Crippen molar-refractivity contribution in [2.45, 2.75) is 26.4 Å². The van der Waals surface area contributed by atoms with Gasteiger partial charge in [-0.05, 0) is 12.0 Å². The zero-order valence-electron chi connectivity index (χ0n) is 11.3.